The van der Waals surface area contributed by atoms with Crippen molar-refractivity contribution in [2.45, 2.75) is 12.8 Å². The molecule has 0 saturated carbocycles. The smallest absolute Gasteiger partial charge is 0.141 e. The van der Waals surface area contributed by atoms with Crippen LogP contribution in [0.5, 0.6) is 0 Å². The highest BCUT2D eigenvalue weighted by Crippen LogP contribution is 2.23. The number of aryl methyl sites for hydroxylation is 2. The summed E-state index contributed by atoms with van der Waals surface area (Å²) in [7, 11) is 0. The van der Waals surface area contributed by atoms with E-state index < -0.39 is 0 Å². The standard InChI is InChI=1S/C22H19N3/c1-2-6-17(7-3-1)10-11-18-12-14-19(15-13-18)25-22-20-8-4-5-9-21(20)23-16-24-22/h1-9,12-16H,10-11H2,(H,23,24,25). The van der Waals surface area contributed by atoms with Crippen molar-refractivity contribution in [2.24, 2.45) is 0 Å². The molecule has 25 heavy (non-hydrogen) atoms. The second-order valence-corrected chi connectivity index (χ2v) is 6.05. The number of rotatable bonds is 5. The van der Waals surface area contributed by atoms with Crippen molar-refractivity contribution in [3.8, 4) is 0 Å². The maximum atomic E-state index is 4.38. The molecule has 122 valence electrons. The summed E-state index contributed by atoms with van der Waals surface area (Å²) in [6.45, 7) is 0. The molecular formula is C22H19N3. The minimum Gasteiger partial charge on any atom is -0.340 e. The summed E-state index contributed by atoms with van der Waals surface area (Å²) in [6.07, 6.45) is 3.70. The maximum Gasteiger partial charge on any atom is 0.141 e. The van der Waals surface area contributed by atoms with E-state index in [1.165, 1.54) is 11.1 Å². The van der Waals surface area contributed by atoms with Gasteiger partial charge in [-0.05, 0) is 48.2 Å². The number of nitrogens with zero attached hydrogens (tertiary/aromatic N) is 2. The van der Waals surface area contributed by atoms with Crippen molar-refractivity contribution in [1.29, 1.82) is 0 Å². The van der Waals surface area contributed by atoms with Gasteiger partial charge in [0, 0.05) is 11.1 Å². The van der Waals surface area contributed by atoms with Crippen LogP contribution in [-0.4, -0.2) is 9.97 Å². The fraction of sp³-hybridized carbons (Fsp3) is 0.0909. The van der Waals surface area contributed by atoms with E-state index in [1.54, 1.807) is 6.33 Å². The van der Waals surface area contributed by atoms with E-state index in [1.807, 2.05) is 24.3 Å². The van der Waals surface area contributed by atoms with Crippen LogP contribution in [0.1, 0.15) is 11.1 Å². The molecule has 1 aromatic heterocycles. The topological polar surface area (TPSA) is 37.8 Å². The summed E-state index contributed by atoms with van der Waals surface area (Å²) in [5.41, 5.74) is 4.69. The Morgan fingerprint density at radius 2 is 1.32 bits per heavy atom. The Balaban J connectivity index is 1.47. The van der Waals surface area contributed by atoms with Gasteiger partial charge in [0.15, 0.2) is 0 Å². The number of para-hydroxylation sites is 1. The number of anilines is 2. The molecule has 3 heteroatoms. The van der Waals surface area contributed by atoms with Crippen LogP contribution in [0.15, 0.2) is 85.2 Å². The average Bonchev–Trinajstić information content (AvgIpc) is 2.69. The lowest BCUT2D eigenvalue weighted by atomic mass is 10.0. The van der Waals surface area contributed by atoms with Gasteiger partial charge in [0.2, 0.25) is 0 Å². The van der Waals surface area contributed by atoms with Gasteiger partial charge in [-0.15, -0.1) is 0 Å². The lowest BCUT2D eigenvalue weighted by Crippen LogP contribution is -1.96. The summed E-state index contributed by atoms with van der Waals surface area (Å²) >= 11 is 0. The summed E-state index contributed by atoms with van der Waals surface area (Å²) in [5.74, 6) is 0.836. The Bertz CT molecular complexity index is 958. The molecule has 0 spiro atoms. The van der Waals surface area contributed by atoms with Crippen LogP contribution in [0.3, 0.4) is 0 Å². The first kappa shape index (κ1) is 15.3. The minimum absolute atomic E-state index is 0.836. The molecule has 0 fully saturated rings. The van der Waals surface area contributed by atoms with Crippen LogP contribution in [-0.2, 0) is 12.8 Å². The van der Waals surface area contributed by atoms with E-state index in [2.05, 4.69) is 69.9 Å². The van der Waals surface area contributed by atoms with E-state index in [0.29, 0.717) is 0 Å². The fourth-order valence-electron chi connectivity index (χ4n) is 2.93. The zero-order chi connectivity index (χ0) is 16.9. The van der Waals surface area contributed by atoms with Crippen molar-refractivity contribution in [2.75, 3.05) is 5.32 Å². The zero-order valence-electron chi connectivity index (χ0n) is 13.9. The maximum absolute atomic E-state index is 4.38. The van der Waals surface area contributed by atoms with Gasteiger partial charge in [-0.1, -0.05) is 54.6 Å². The number of benzene rings is 3. The van der Waals surface area contributed by atoms with Crippen molar-refractivity contribution in [1.82, 2.24) is 9.97 Å². The van der Waals surface area contributed by atoms with Crippen molar-refractivity contribution >= 4 is 22.4 Å². The van der Waals surface area contributed by atoms with E-state index in [4.69, 9.17) is 0 Å². The summed E-state index contributed by atoms with van der Waals surface area (Å²) in [5, 5.41) is 4.42. The largest absolute Gasteiger partial charge is 0.340 e. The van der Waals surface area contributed by atoms with E-state index in [9.17, 15) is 0 Å². The molecule has 0 radical (unpaired) electrons. The number of nitrogens with one attached hydrogen (secondary N) is 1. The lowest BCUT2D eigenvalue weighted by Gasteiger charge is -2.09. The van der Waals surface area contributed by atoms with Crippen LogP contribution < -0.4 is 5.32 Å². The van der Waals surface area contributed by atoms with Crippen molar-refractivity contribution in [3.05, 3.63) is 96.3 Å². The second-order valence-electron chi connectivity index (χ2n) is 6.05. The van der Waals surface area contributed by atoms with Gasteiger partial charge in [-0.2, -0.15) is 0 Å². The quantitative estimate of drug-likeness (QED) is 0.551. The molecule has 3 aromatic carbocycles. The van der Waals surface area contributed by atoms with Crippen LogP contribution >= 0.6 is 0 Å². The van der Waals surface area contributed by atoms with E-state index >= 15 is 0 Å². The molecule has 0 unspecified atom stereocenters. The van der Waals surface area contributed by atoms with Gasteiger partial charge >= 0.3 is 0 Å². The van der Waals surface area contributed by atoms with Gasteiger partial charge in [-0.3, -0.25) is 0 Å². The second kappa shape index (κ2) is 7.14. The molecule has 0 aliphatic carbocycles. The highest BCUT2D eigenvalue weighted by molar-refractivity contribution is 5.90. The Morgan fingerprint density at radius 3 is 2.12 bits per heavy atom. The molecule has 0 aliphatic rings. The van der Waals surface area contributed by atoms with Crippen molar-refractivity contribution in [3.63, 3.8) is 0 Å². The monoisotopic (exact) mass is 325 g/mol. The SMILES string of the molecule is c1ccc(CCc2ccc(Nc3ncnc4ccccc34)cc2)cc1. The van der Waals surface area contributed by atoms with Gasteiger partial charge in [0.25, 0.3) is 0 Å². The van der Waals surface area contributed by atoms with Gasteiger partial charge in [0.05, 0.1) is 5.52 Å². The third kappa shape index (κ3) is 3.66. The predicted molar refractivity (Wildman–Crippen MR) is 103 cm³/mol. The molecule has 4 aromatic rings. The lowest BCUT2D eigenvalue weighted by molar-refractivity contribution is 0.960. The third-order valence-electron chi connectivity index (χ3n) is 4.30. The summed E-state index contributed by atoms with van der Waals surface area (Å²) in [6, 6.07) is 27.2. The van der Waals surface area contributed by atoms with E-state index in [0.717, 1.165) is 35.2 Å². The average molecular weight is 325 g/mol. The molecule has 0 saturated heterocycles. The molecule has 0 amide bonds. The summed E-state index contributed by atoms with van der Waals surface area (Å²) < 4.78 is 0. The van der Waals surface area contributed by atoms with Crippen LogP contribution in [0.25, 0.3) is 10.9 Å². The highest BCUT2D eigenvalue weighted by atomic mass is 15.0. The molecule has 1 heterocycles. The van der Waals surface area contributed by atoms with Crippen LogP contribution in [0.4, 0.5) is 11.5 Å². The summed E-state index contributed by atoms with van der Waals surface area (Å²) in [4.78, 5) is 8.68. The first-order chi connectivity index (χ1) is 12.4. The van der Waals surface area contributed by atoms with Gasteiger partial charge < -0.3 is 5.32 Å². The zero-order valence-corrected chi connectivity index (χ0v) is 13.9. The van der Waals surface area contributed by atoms with Gasteiger partial charge in [0.1, 0.15) is 12.1 Å². The molecular weight excluding hydrogens is 306 g/mol. The number of hydrogen-bond donors (Lipinski definition) is 1. The first-order valence-corrected chi connectivity index (χ1v) is 8.48. The normalized spacial score (nSPS) is 10.7. The predicted octanol–water partition coefficient (Wildman–Crippen LogP) is 5.16. The molecule has 0 atom stereocenters. The Hall–Kier alpha value is -3.20. The number of hydrogen-bond acceptors (Lipinski definition) is 3. The number of fused-ring (bicyclic) bond motifs is 1. The fourth-order valence-corrected chi connectivity index (χ4v) is 2.93. The Morgan fingerprint density at radius 1 is 0.640 bits per heavy atom. The minimum atomic E-state index is 0.836. The highest BCUT2D eigenvalue weighted by Gasteiger charge is 2.03. The molecule has 0 aliphatic heterocycles. The van der Waals surface area contributed by atoms with Gasteiger partial charge in [-0.25, -0.2) is 9.97 Å². The van der Waals surface area contributed by atoms with Crippen LogP contribution in [0.2, 0.25) is 0 Å². The molecule has 0 bridgehead atoms. The molecule has 4 rings (SSSR count). The van der Waals surface area contributed by atoms with Crippen molar-refractivity contribution < 1.29 is 0 Å². The number of aromatic nitrogens is 2. The van der Waals surface area contributed by atoms with E-state index in [-0.39, 0.29) is 0 Å². The molecule has 1 N–H and O–H groups in total. The molecule has 3 nitrogen and oxygen atoms in total. The first-order valence-electron chi connectivity index (χ1n) is 8.48. The Kier molecular flexibility index (Phi) is 4.38. The third-order valence-corrected chi connectivity index (χ3v) is 4.30. The Labute approximate surface area is 147 Å². The van der Waals surface area contributed by atoms with Crippen LogP contribution in [0, 0.1) is 0 Å².